The molecule has 2 aliphatic heterocycles. The van der Waals surface area contributed by atoms with Crippen molar-refractivity contribution in [3.05, 3.63) is 0 Å². The quantitative estimate of drug-likeness (QED) is 0.540. The van der Waals surface area contributed by atoms with Crippen molar-refractivity contribution in [1.82, 2.24) is 15.0 Å². The average molecular weight is 282 g/mol. The van der Waals surface area contributed by atoms with Crippen LogP contribution in [0.2, 0.25) is 0 Å². The highest BCUT2D eigenvalue weighted by Crippen LogP contribution is 2.18. The number of hydrogen-bond donors (Lipinski definition) is 2. The van der Waals surface area contributed by atoms with Crippen molar-refractivity contribution in [1.29, 1.82) is 0 Å². The Hall–Kier alpha value is -1.71. The molecular formula is C11H18N6O3. The number of hydrazine groups is 1. The van der Waals surface area contributed by atoms with Crippen LogP contribution >= 0.6 is 0 Å². The van der Waals surface area contributed by atoms with E-state index < -0.39 is 0 Å². The van der Waals surface area contributed by atoms with Gasteiger partial charge >= 0.3 is 6.01 Å². The molecule has 9 heteroatoms. The minimum atomic E-state index is -0.0134. The third-order valence-electron chi connectivity index (χ3n) is 3.19. The van der Waals surface area contributed by atoms with Crippen LogP contribution < -0.4 is 20.9 Å². The molecule has 2 fully saturated rings. The van der Waals surface area contributed by atoms with E-state index in [1.165, 1.54) is 0 Å². The molecular weight excluding hydrogens is 264 g/mol. The van der Waals surface area contributed by atoms with E-state index in [-0.39, 0.29) is 18.1 Å². The van der Waals surface area contributed by atoms with Crippen LogP contribution in [-0.2, 0) is 9.47 Å². The first-order valence-electron chi connectivity index (χ1n) is 6.65. The van der Waals surface area contributed by atoms with Crippen LogP contribution in [0.4, 0.5) is 11.9 Å². The van der Waals surface area contributed by atoms with Gasteiger partial charge in [0.15, 0.2) is 0 Å². The molecule has 2 saturated heterocycles. The molecule has 9 nitrogen and oxygen atoms in total. The highest BCUT2D eigenvalue weighted by molar-refractivity contribution is 5.38. The Bertz CT molecular complexity index is 448. The summed E-state index contributed by atoms with van der Waals surface area (Å²) in [5.41, 5.74) is 2.44. The van der Waals surface area contributed by atoms with Gasteiger partial charge in [-0.25, -0.2) is 5.84 Å². The number of ether oxygens (including phenoxy) is 3. The standard InChI is InChI=1S/C11H18N6O3/c12-16-9-13-10(17-2-5-18-6-3-17)15-11(14-9)20-8-1-4-19-7-8/h8H,1-7,12H2,(H,13,14,15,16). The van der Waals surface area contributed by atoms with Crippen LogP contribution in [0.25, 0.3) is 0 Å². The van der Waals surface area contributed by atoms with E-state index in [2.05, 4.69) is 20.4 Å². The summed E-state index contributed by atoms with van der Waals surface area (Å²) in [5.74, 6) is 6.23. The molecule has 0 radical (unpaired) electrons. The third kappa shape index (κ3) is 3.06. The van der Waals surface area contributed by atoms with Crippen LogP contribution in [0.1, 0.15) is 6.42 Å². The van der Waals surface area contributed by atoms with Crippen molar-refractivity contribution in [2.45, 2.75) is 12.5 Å². The van der Waals surface area contributed by atoms with Crippen molar-refractivity contribution in [2.75, 3.05) is 49.8 Å². The van der Waals surface area contributed by atoms with Gasteiger partial charge in [0.25, 0.3) is 0 Å². The molecule has 1 atom stereocenters. The van der Waals surface area contributed by atoms with Gasteiger partial charge in [0.1, 0.15) is 6.10 Å². The van der Waals surface area contributed by atoms with Crippen molar-refractivity contribution in [2.24, 2.45) is 5.84 Å². The summed E-state index contributed by atoms with van der Waals surface area (Å²) < 4.78 is 16.3. The second-order valence-electron chi connectivity index (χ2n) is 4.59. The third-order valence-corrected chi connectivity index (χ3v) is 3.19. The smallest absolute Gasteiger partial charge is 0.323 e. The fourth-order valence-electron chi connectivity index (χ4n) is 2.12. The Kier molecular flexibility index (Phi) is 4.09. The summed E-state index contributed by atoms with van der Waals surface area (Å²) in [6.07, 6.45) is 0.824. The van der Waals surface area contributed by atoms with Gasteiger partial charge in [0.2, 0.25) is 11.9 Å². The number of aromatic nitrogens is 3. The number of morpholine rings is 1. The molecule has 0 bridgehead atoms. The van der Waals surface area contributed by atoms with E-state index in [9.17, 15) is 0 Å². The zero-order valence-corrected chi connectivity index (χ0v) is 11.1. The molecule has 110 valence electrons. The number of anilines is 2. The summed E-state index contributed by atoms with van der Waals surface area (Å²) in [4.78, 5) is 14.7. The lowest BCUT2D eigenvalue weighted by Crippen LogP contribution is -2.37. The van der Waals surface area contributed by atoms with Gasteiger partial charge < -0.3 is 19.1 Å². The minimum Gasteiger partial charge on any atom is -0.457 e. The first-order valence-corrected chi connectivity index (χ1v) is 6.65. The summed E-state index contributed by atoms with van der Waals surface area (Å²) >= 11 is 0. The molecule has 0 spiro atoms. The minimum absolute atomic E-state index is 0.0134. The van der Waals surface area contributed by atoms with E-state index in [0.717, 1.165) is 19.5 Å². The number of nitrogens with zero attached hydrogens (tertiary/aromatic N) is 4. The molecule has 20 heavy (non-hydrogen) atoms. The largest absolute Gasteiger partial charge is 0.457 e. The molecule has 1 aromatic rings. The maximum atomic E-state index is 5.71. The molecule has 0 aliphatic carbocycles. The Morgan fingerprint density at radius 1 is 1.15 bits per heavy atom. The number of nitrogen functional groups attached to an aromatic ring is 1. The van der Waals surface area contributed by atoms with Crippen LogP contribution in [0.3, 0.4) is 0 Å². The van der Waals surface area contributed by atoms with Crippen LogP contribution in [0.15, 0.2) is 0 Å². The van der Waals surface area contributed by atoms with E-state index in [1.54, 1.807) is 0 Å². The van der Waals surface area contributed by atoms with Crippen molar-refractivity contribution >= 4 is 11.9 Å². The fraction of sp³-hybridized carbons (Fsp3) is 0.727. The van der Waals surface area contributed by atoms with Gasteiger partial charge in [0, 0.05) is 19.5 Å². The number of nitrogens with one attached hydrogen (secondary N) is 1. The molecule has 3 rings (SSSR count). The molecule has 2 aliphatic rings. The molecule has 3 N–H and O–H groups in total. The average Bonchev–Trinajstić information content (AvgIpc) is 3.00. The Balaban J connectivity index is 1.77. The lowest BCUT2D eigenvalue weighted by molar-refractivity contribution is 0.121. The van der Waals surface area contributed by atoms with E-state index in [4.69, 9.17) is 20.1 Å². The fourth-order valence-corrected chi connectivity index (χ4v) is 2.12. The van der Waals surface area contributed by atoms with Crippen molar-refractivity contribution in [3.63, 3.8) is 0 Å². The van der Waals surface area contributed by atoms with Gasteiger partial charge in [-0.05, 0) is 0 Å². The Morgan fingerprint density at radius 3 is 2.70 bits per heavy atom. The first-order chi connectivity index (χ1) is 9.85. The van der Waals surface area contributed by atoms with Gasteiger partial charge in [-0.3, -0.25) is 5.43 Å². The topological polar surface area (TPSA) is 108 Å². The maximum absolute atomic E-state index is 5.71. The number of hydrogen-bond acceptors (Lipinski definition) is 9. The summed E-state index contributed by atoms with van der Waals surface area (Å²) in [6.45, 7) is 4.05. The van der Waals surface area contributed by atoms with Crippen molar-refractivity contribution in [3.8, 4) is 6.01 Å². The molecule has 1 aromatic heterocycles. The summed E-state index contributed by atoms with van der Waals surface area (Å²) in [7, 11) is 0. The predicted octanol–water partition coefficient (Wildman–Crippen LogP) is -0.838. The lowest BCUT2D eigenvalue weighted by atomic mass is 10.3. The SMILES string of the molecule is NNc1nc(OC2CCOC2)nc(N2CCOCC2)n1. The van der Waals surface area contributed by atoms with Gasteiger partial charge in [-0.15, -0.1) is 0 Å². The van der Waals surface area contributed by atoms with E-state index >= 15 is 0 Å². The van der Waals surface area contributed by atoms with Gasteiger partial charge in [0.05, 0.1) is 26.4 Å². The van der Waals surface area contributed by atoms with Gasteiger partial charge in [-0.2, -0.15) is 15.0 Å². The number of rotatable bonds is 4. The zero-order chi connectivity index (χ0) is 13.8. The monoisotopic (exact) mass is 282 g/mol. The Labute approximate surface area is 116 Å². The second kappa shape index (κ2) is 6.16. The highest BCUT2D eigenvalue weighted by Gasteiger charge is 2.21. The molecule has 0 aromatic carbocycles. The second-order valence-corrected chi connectivity index (χ2v) is 4.59. The first kappa shape index (κ1) is 13.3. The predicted molar refractivity (Wildman–Crippen MR) is 70.5 cm³/mol. The number of nitrogens with two attached hydrogens (primary N) is 1. The Morgan fingerprint density at radius 2 is 2.00 bits per heavy atom. The molecule has 1 unspecified atom stereocenters. The summed E-state index contributed by atoms with van der Waals surface area (Å²) in [5, 5.41) is 0. The van der Waals surface area contributed by atoms with Crippen molar-refractivity contribution < 1.29 is 14.2 Å². The van der Waals surface area contributed by atoms with Gasteiger partial charge in [-0.1, -0.05) is 0 Å². The lowest BCUT2D eigenvalue weighted by Gasteiger charge is -2.27. The van der Waals surface area contributed by atoms with Crippen LogP contribution in [0.5, 0.6) is 6.01 Å². The molecule has 0 amide bonds. The van der Waals surface area contributed by atoms with Crippen LogP contribution in [-0.4, -0.2) is 60.6 Å². The molecule has 3 heterocycles. The maximum Gasteiger partial charge on any atom is 0.323 e. The highest BCUT2D eigenvalue weighted by atomic mass is 16.6. The molecule has 0 saturated carbocycles. The zero-order valence-electron chi connectivity index (χ0n) is 11.1. The van der Waals surface area contributed by atoms with E-state index in [0.29, 0.717) is 32.4 Å². The van der Waals surface area contributed by atoms with E-state index in [1.807, 2.05) is 4.90 Å². The summed E-state index contributed by atoms with van der Waals surface area (Å²) in [6, 6.07) is 0.268. The normalized spacial score (nSPS) is 22.9. The van der Waals surface area contributed by atoms with Crippen LogP contribution in [0, 0.1) is 0 Å².